The Labute approximate surface area is 200 Å². The van der Waals surface area contributed by atoms with Crippen molar-refractivity contribution in [2.45, 2.75) is 13.0 Å². The summed E-state index contributed by atoms with van der Waals surface area (Å²) in [6.45, 7) is 2.83. The number of aromatic amines is 1. The van der Waals surface area contributed by atoms with Gasteiger partial charge in [-0.15, -0.1) is 0 Å². The summed E-state index contributed by atoms with van der Waals surface area (Å²) in [7, 11) is 0. The van der Waals surface area contributed by atoms with Crippen LogP contribution in [0, 0.1) is 0 Å². The number of nitrogens with two attached hydrogens (primary N) is 1. The van der Waals surface area contributed by atoms with Gasteiger partial charge in [-0.05, 0) is 25.1 Å². The van der Waals surface area contributed by atoms with Crippen LogP contribution in [0.3, 0.4) is 0 Å². The Morgan fingerprint density at radius 1 is 1.03 bits per heavy atom. The number of aromatic nitrogens is 4. The zero-order valence-electron chi connectivity index (χ0n) is 19.0. The van der Waals surface area contributed by atoms with Crippen molar-refractivity contribution in [3.8, 4) is 11.3 Å². The molecular weight excluding hydrogens is 446 g/mol. The lowest BCUT2D eigenvalue weighted by Gasteiger charge is -2.39. The summed E-state index contributed by atoms with van der Waals surface area (Å²) < 4.78 is 0. The second-order valence-corrected chi connectivity index (χ2v) is 8.41. The van der Waals surface area contributed by atoms with Gasteiger partial charge in [-0.2, -0.15) is 0 Å². The number of carbonyl (C=O) groups excluding carboxylic acids is 3. The summed E-state index contributed by atoms with van der Waals surface area (Å²) >= 11 is 0. The lowest BCUT2D eigenvalue weighted by Crippen LogP contribution is -2.56. The van der Waals surface area contributed by atoms with Gasteiger partial charge in [-0.1, -0.05) is 18.2 Å². The van der Waals surface area contributed by atoms with Crippen LogP contribution in [0.5, 0.6) is 0 Å². The molecule has 0 radical (unpaired) electrons. The van der Waals surface area contributed by atoms with E-state index in [-0.39, 0.29) is 30.0 Å². The first kappa shape index (κ1) is 22.2. The topological polar surface area (TPSA) is 138 Å². The van der Waals surface area contributed by atoms with Gasteiger partial charge in [-0.3, -0.25) is 19.4 Å². The highest BCUT2D eigenvalue weighted by Gasteiger charge is 2.34. The molecule has 1 fully saturated rings. The van der Waals surface area contributed by atoms with E-state index in [2.05, 4.69) is 19.9 Å². The number of piperazine rings is 1. The average molecular weight is 470 g/mol. The van der Waals surface area contributed by atoms with Gasteiger partial charge in [0.1, 0.15) is 0 Å². The summed E-state index contributed by atoms with van der Waals surface area (Å²) in [6, 6.07) is 10.4. The molecule has 35 heavy (non-hydrogen) atoms. The van der Waals surface area contributed by atoms with Crippen LogP contribution < -0.4 is 5.73 Å². The van der Waals surface area contributed by atoms with E-state index < -0.39 is 11.7 Å². The maximum Gasteiger partial charge on any atom is 0.295 e. The molecule has 3 aromatic heterocycles. The number of pyridine rings is 1. The van der Waals surface area contributed by atoms with Crippen LogP contribution in [0.2, 0.25) is 0 Å². The van der Waals surface area contributed by atoms with Gasteiger partial charge in [0.05, 0.1) is 16.8 Å². The van der Waals surface area contributed by atoms with Gasteiger partial charge >= 0.3 is 0 Å². The minimum atomic E-state index is -0.614. The molecular formula is C25H23N7O3. The highest BCUT2D eigenvalue weighted by atomic mass is 16.2. The number of hydrogen-bond acceptors (Lipinski definition) is 7. The Morgan fingerprint density at radius 3 is 2.49 bits per heavy atom. The first-order valence-corrected chi connectivity index (χ1v) is 11.2. The first-order chi connectivity index (χ1) is 16.9. The lowest BCUT2D eigenvalue weighted by atomic mass is 10.1. The highest BCUT2D eigenvalue weighted by Crippen LogP contribution is 2.28. The monoisotopic (exact) mass is 469 g/mol. The number of H-pyrrole nitrogens is 1. The fraction of sp³-hybridized carbons (Fsp3) is 0.200. The number of nitrogen functional groups attached to an aromatic ring is 1. The minimum absolute atomic E-state index is 0.0841. The van der Waals surface area contributed by atoms with Crippen LogP contribution >= 0.6 is 0 Å². The quantitative estimate of drug-likeness (QED) is 0.345. The smallest absolute Gasteiger partial charge is 0.295 e. The third-order valence-corrected chi connectivity index (χ3v) is 6.18. The van der Waals surface area contributed by atoms with Crippen molar-refractivity contribution >= 4 is 34.4 Å². The number of hydrogen-bond donors (Lipinski definition) is 2. The zero-order chi connectivity index (χ0) is 24.5. The number of benzene rings is 1. The molecule has 0 saturated carbocycles. The molecule has 2 amide bonds. The molecule has 4 aromatic rings. The molecule has 1 aliphatic heterocycles. The molecule has 1 saturated heterocycles. The summed E-state index contributed by atoms with van der Waals surface area (Å²) in [4.78, 5) is 57.9. The maximum absolute atomic E-state index is 13.2. The summed E-state index contributed by atoms with van der Waals surface area (Å²) in [6.07, 6.45) is 6.19. The predicted molar refractivity (Wildman–Crippen MR) is 129 cm³/mol. The van der Waals surface area contributed by atoms with Crippen molar-refractivity contribution in [1.29, 1.82) is 0 Å². The lowest BCUT2D eigenvalue weighted by molar-refractivity contribution is -0.130. The number of amides is 2. The molecule has 0 spiro atoms. The maximum atomic E-state index is 13.2. The molecule has 1 atom stereocenters. The molecule has 0 bridgehead atoms. The van der Waals surface area contributed by atoms with Crippen molar-refractivity contribution in [2.24, 2.45) is 0 Å². The highest BCUT2D eigenvalue weighted by molar-refractivity contribution is 6.45. The molecule has 176 valence electrons. The van der Waals surface area contributed by atoms with Crippen LogP contribution in [0.1, 0.15) is 27.6 Å². The zero-order valence-corrected chi connectivity index (χ0v) is 19.0. The van der Waals surface area contributed by atoms with Crippen LogP contribution in [-0.2, 0) is 4.79 Å². The minimum Gasteiger partial charge on any atom is -0.368 e. The molecule has 1 aromatic carbocycles. The van der Waals surface area contributed by atoms with Crippen LogP contribution in [-0.4, -0.2) is 73.0 Å². The fourth-order valence-electron chi connectivity index (χ4n) is 4.37. The molecule has 5 rings (SSSR count). The summed E-state index contributed by atoms with van der Waals surface area (Å²) in [5, 5.41) is 0.579. The molecule has 10 heteroatoms. The Morgan fingerprint density at radius 2 is 1.77 bits per heavy atom. The fourth-order valence-corrected chi connectivity index (χ4v) is 4.37. The van der Waals surface area contributed by atoms with Gasteiger partial charge in [0.25, 0.3) is 17.6 Å². The van der Waals surface area contributed by atoms with Crippen molar-refractivity contribution in [3.63, 3.8) is 0 Å². The number of carbonyl (C=O) groups is 3. The van der Waals surface area contributed by atoms with E-state index in [9.17, 15) is 14.4 Å². The Bertz CT molecular complexity index is 1420. The van der Waals surface area contributed by atoms with E-state index in [1.54, 1.807) is 41.7 Å². The number of nitrogens with one attached hydrogen (secondary N) is 1. The van der Waals surface area contributed by atoms with E-state index in [0.717, 1.165) is 0 Å². The SMILES string of the molecule is CC1CN(C(=O)c2ccccc2)CCN1C(=O)C(=O)c1c[nH]c2c(-c3cnc(N)nc3)nccc12. The number of anilines is 1. The third-order valence-electron chi connectivity index (χ3n) is 6.18. The molecule has 1 unspecified atom stereocenters. The Hall–Kier alpha value is -4.60. The average Bonchev–Trinajstić information content (AvgIpc) is 3.33. The largest absolute Gasteiger partial charge is 0.368 e. The van der Waals surface area contributed by atoms with Crippen molar-refractivity contribution in [2.75, 3.05) is 25.4 Å². The molecule has 0 aliphatic carbocycles. The summed E-state index contributed by atoms with van der Waals surface area (Å²) in [5.74, 6) is -1.15. The van der Waals surface area contributed by atoms with E-state index in [1.165, 1.54) is 11.1 Å². The second-order valence-electron chi connectivity index (χ2n) is 8.41. The van der Waals surface area contributed by atoms with E-state index in [0.29, 0.717) is 40.8 Å². The predicted octanol–water partition coefficient (Wildman–Crippen LogP) is 2.16. The Kier molecular flexibility index (Phi) is 5.69. The number of rotatable bonds is 4. The van der Waals surface area contributed by atoms with Crippen molar-refractivity contribution in [3.05, 3.63) is 72.3 Å². The van der Waals surface area contributed by atoms with E-state index in [1.807, 2.05) is 25.1 Å². The number of Topliss-reactive ketones (excluding diaryl/α,β-unsaturated/α-hetero) is 1. The molecule has 10 nitrogen and oxygen atoms in total. The number of ketones is 1. The van der Waals surface area contributed by atoms with Crippen molar-refractivity contribution in [1.82, 2.24) is 29.7 Å². The van der Waals surface area contributed by atoms with Crippen molar-refractivity contribution < 1.29 is 14.4 Å². The standard InChI is InChI=1S/C25H23N7O3/c1-15-14-31(23(34)16-5-3-2-4-6-16)9-10-32(15)24(35)22(33)19-13-28-21-18(19)7-8-27-20(21)17-11-29-25(26)30-12-17/h2-8,11-13,15,28H,9-10,14H2,1H3,(H2,26,29,30). The molecule has 3 N–H and O–H groups in total. The van der Waals surface area contributed by atoms with Crippen LogP contribution in [0.15, 0.2) is 61.2 Å². The van der Waals surface area contributed by atoms with Crippen LogP contribution in [0.25, 0.3) is 22.2 Å². The van der Waals surface area contributed by atoms with Gasteiger partial charge < -0.3 is 20.5 Å². The van der Waals surface area contributed by atoms with E-state index >= 15 is 0 Å². The van der Waals surface area contributed by atoms with Gasteiger partial charge in [0, 0.05) is 67.0 Å². The van der Waals surface area contributed by atoms with Crippen LogP contribution in [0.4, 0.5) is 5.95 Å². The number of nitrogens with zero attached hydrogens (tertiary/aromatic N) is 5. The molecule has 4 heterocycles. The Balaban J connectivity index is 1.35. The van der Waals surface area contributed by atoms with Gasteiger partial charge in [0.15, 0.2) is 0 Å². The van der Waals surface area contributed by atoms with E-state index in [4.69, 9.17) is 5.73 Å². The first-order valence-electron chi connectivity index (χ1n) is 11.2. The molecule has 1 aliphatic rings. The number of fused-ring (bicyclic) bond motifs is 1. The van der Waals surface area contributed by atoms with Gasteiger partial charge in [0.2, 0.25) is 5.95 Å². The normalized spacial score (nSPS) is 15.9. The second kappa shape index (κ2) is 8.98. The van der Waals surface area contributed by atoms with Gasteiger partial charge in [-0.25, -0.2) is 9.97 Å². The third kappa shape index (κ3) is 4.10. The summed E-state index contributed by atoms with van der Waals surface area (Å²) in [5.41, 5.74) is 8.22.